The van der Waals surface area contributed by atoms with Crippen molar-refractivity contribution < 1.29 is 9.59 Å². The molecule has 4 aromatic rings. The molecule has 1 N–H and O–H groups in total. The zero-order chi connectivity index (χ0) is 25.0. The Kier molecular flexibility index (Phi) is 5.94. The van der Waals surface area contributed by atoms with E-state index in [1.807, 2.05) is 48.2 Å². The Hall–Kier alpha value is -3.00. The minimum atomic E-state index is -0.241. The first-order valence-electron chi connectivity index (χ1n) is 11.8. The van der Waals surface area contributed by atoms with Crippen LogP contribution in [0.1, 0.15) is 38.8 Å². The number of aryl methyl sites for hydroxylation is 1. The van der Waals surface area contributed by atoms with Gasteiger partial charge in [0.05, 0.1) is 31.5 Å². The van der Waals surface area contributed by atoms with E-state index in [1.165, 1.54) is 11.3 Å². The second-order valence-electron chi connectivity index (χ2n) is 9.30. The lowest BCUT2D eigenvalue weighted by molar-refractivity contribution is 0.0684. The fourth-order valence-electron chi connectivity index (χ4n) is 5.08. The molecule has 2 fully saturated rings. The van der Waals surface area contributed by atoms with Gasteiger partial charge >= 0.3 is 0 Å². The van der Waals surface area contributed by atoms with Crippen LogP contribution < -0.4 is 5.32 Å². The van der Waals surface area contributed by atoms with Gasteiger partial charge in [0.25, 0.3) is 11.8 Å². The van der Waals surface area contributed by atoms with E-state index in [1.54, 1.807) is 18.2 Å². The molecule has 1 aliphatic heterocycles. The average molecular weight is 537 g/mol. The van der Waals surface area contributed by atoms with Crippen LogP contribution in [-0.4, -0.2) is 45.3 Å². The summed E-state index contributed by atoms with van der Waals surface area (Å²) < 4.78 is 0. The van der Waals surface area contributed by atoms with Crippen LogP contribution >= 0.6 is 34.5 Å². The van der Waals surface area contributed by atoms with E-state index in [4.69, 9.17) is 23.2 Å². The number of nitrogens with zero attached hydrogens (tertiary/aromatic N) is 3. The molecule has 1 saturated carbocycles. The Morgan fingerprint density at radius 1 is 1.06 bits per heavy atom. The Morgan fingerprint density at radius 2 is 1.89 bits per heavy atom. The van der Waals surface area contributed by atoms with Gasteiger partial charge in [-0.25, -0.2) is 9.97 Å². The lowest BCUT2D eigenvalue weighted by atomic mass is 10.1. The van der Waals surface area contributed by atoms with Crippen LogP contribution in [0.4, 0.5) is 0 Å². The molecule has 1 aliphatic carbocycles. The van der Waals surface area contributed by atoms with E-state index < -0.39 is 0 Å². The van der Waals surface area contributed by atoms with E-state index in [0.29, 0.717) is 33.9 Å². The quantitative estimate of drug-likeness (QED) is 0.339. The van der Waals surface area contributed by atoms with Gasteiger partial charge in [-0.05, 0) is 55.5 Å². The summed E-state index contributed by atoms with van der Waals surface area (Å²) in [6.45, 7) is 2.26. The number of carbonyl (C=O) groups is 2. The van der Waals surface area contributed by atoms with Crippen molar-refractivity contribution in [3.63, 3.8) is 0 Å². The van der Waals surface area contributed by atoms with Gasteiger partial charge < -0.3 is 10.2 Å². The van der Waals surface area contributed by atoms with E-state index in [0.717, 1.165) is 39.2 Å². The Morgan fingerprint density at radius 3 is 2.72 bits per heavy atom. The number of benzene rings is 2. The molecule has 0 unspecified atom stereocenters. The number of para-hydroxylation sites is 1. The number of carbonyl (C=O) groups excluding carboxylic acids is 2. The summed E-state index contributed by atoms with van der Waals surface area (Å²) in [4.78, 5) is 38.5. The molecular weight excluding hydrogens is 515 g/mol. The third-order valence-electron chi connectivity index (χ3n) is 6.89. The molecule has 2 aromatic heterocycles. The van der Waals surface area contributed by atoms with Crippen LogP contribution in [-0.2, 0) is 0 Å². The van der Waals surface area contributed by atoms with Crippen molar-refractivity contribution in [1.82, 2.24) is 20.2 Å². The van der Waals surface area contributed by atoms with Gasteiger partial charge in [0.2, 0.25) is 0 Å². The highest BCUT2D eigenvalue weighted by Gasteiger charge is 2.54. The normalized spacial score (nSPS) is 20.4. The molecular formula is C27H22Cl2N4O2S. The van der Waals surface area contributed by atoms with E-state index in [-0.39, 0.29) is 23.9 Å². The minimum Gasteiger partial charge on any atom is -0.349 e. The van der Waals surface area contributed by atoms with Crippen molar-refractivity contribution in [3.8, 4) is 10.4 Å². The van der Waals surface area contributed by atoms with Crippen LogP contribution in [0.15, 0.2) is 54.6 Å². The zero-order valence-corrected chi connectivity index (χ0v) is 21.7. The lowest BCUT2D eigenvalue weighted by Crippen LogP contribution is -2.45. The van der Waals surface area contributed by atoms with Gasteiger partial charge in [-0.15, -0.1) is 11.3 Å². The Labute approximate surface area is 222 Å². The SMILES string of the molecule is Cc1nc(C(=O)N2[C@H](CNC(=O)c3ccc4ccccc4n3)C[C@@H]3C[C@@H]32)c(-c2ccc(Cl)c(Cl)c2)s1. The first-order chi connectivity index (χ1) is 17.4. The molecule has 3 atom stereocenters. The van der Waals surface area contributed by atoms with Crippen LogP contribution in [0.2, 0.25) is 10.0 Å². The third-order valence-corrected chi connectivity index (χ3v) is 8.65. The molecule has 1 saturated heterocycles. The topological polar surface area (TPSA) is 75.2 Å². The van der Waals surface area contributed by atoms with E-state index >= 15 is 0 Å². The molecule has 2 aliphatic rings. The van der Waals surface area contributed by atoms with Crippen molar-refractivity contribution >= 4 is 57.3 Å². The molecule has 2 aromatic carbocycles. The number of likely N-dealkylation sites (tertiary alicyclic amines) is 1. The third kappa shape index (κ3) is 4.25. The standard InChI is InChI=1S/C27H22Cl2N4O2S/c1-14-31-24(25(36-14)16-6-8-19(28)20(29)11-16)27(35)33-18(10-17-12-23(17)33)13-30-26(34)22-9-7-15-4-2-3-5-21(15)32-22/h2-9,11,17-18,23H,10,12-13H2,1H3,(H,30,34)/t17-,18+,23+/m1/s1. The summed E-state index contributed by atoms with van der Waals surface area (Å²) >= 11 is 13.8. The lowest BCUT2D eigenvalue weighted by Gasteiger charge is -2.27. The largest absolute Gasteiger partial charge is 0.349 e. The number of aromatic nitrogens is 2. The fourth-order valence-corrected chi connectivity index (χ4v) is 6.28. The van der Waals surface area contributed by atoms with E-state index in [9.17, 15) is 9.59 Å². The van der Waals surface area contributed by atoms with Gasteiger partial charge in [-0.1, -0.05) is 53.5 Å². The van der Waals surface area contributed by atoms with Crippen LogP contribution in [0.25, 0.3) is 21.3 Å². The molecule has 36 heavy (non-hydrogen) atoms. The predicted molar refractivity (Wildman–Crippen MR) is 143 cm³/mol. The number of thiazole rings is 1. The molecule has 0 spiro atoms. The van der Waals surface area contributed by atoms with Gasteiger partial charge in [0.1, 0.15) is 11.4 Å². The highest BCUT2D eigenvalue weighted by atomic mass is 35.5. The maximum Gasteiger partial charge on any atom is 0.274 e. The van der Waals surface area contributed by atoms with Gasteiger partial charge in [-0.3, -0.25) is 9.59 Å². The number of hydrogen-bond donors (Lipinski definition) is 1. The van der Waals surface area contributed by atoms with Gasteiger partial charge in [0, 0.05) is 18.0 Å². The number of halogens is 2. The molecule has 0 bridgehead atoms. The highest BCUT2D eigenvalue weighted by molar-refractivity contribution is 7.15. The second kappa shape index (κ2) is 9.14. The first-order valence-corrected chi connectivity index (χ1v) is 13.4. The van der Waals surface area contributed by atoms with Crippen LogP contribution in [0, 0.1) is 12.8 Å². The summed E-state index contributed by atoms with van der Waals surface area (Å²) in [6.07, 6.45) is 1.86. The summed E-state index contributed by atoms with van der Waals surface area (Å²) in [7, 11) is 0. The Bertz CT molecular complexity index is 1520. The monoisotopic (exact) mass is 536 g/mol. The highest BCUT2D eigenvalue weighted by Crippen LogP contribution is 2.49. The zero-order valence-electron chi connectivity index (χ0n) is 19.4. The van der Waals surface area contributed by atoms with Crippen LogP contribution in [0.5, 0.6) is 0 Å². The fraction of sp³-hybridized carbons (Fsp3) is 0.259. The number of fused-ring (bicyclic) bond motifs is 2. The Balaban J connectivity index is 1.21. The number of piperidine rings is 1. The van der Waals surface area contributed by atoms with Crippen molar-refractivity contribution in [2.45, 2.75) is 31.8 Å². The summed E-state index contributed by atoms with van der Waals surface area (Å²) in [5.41, 5.74) is 2.39. The molecule has 0 radical (unpaired) electrons. The average Bonchev–Trinajstić information content (AvgIpc) is 3.37. The van der Waals surface area contributed by atoms with Crippen molar-refractivity contribution in [2.75, 3.05) is 6.54 Å². The maximum absolute atomic E-state index is 13.8. The number of rotatable bonds is 5. The van der Waals surface area contributed by atoms with Gasteiger partial charge in [0.15, 0.2) is 0 Å². The molecule has 3 heterocycles. The van der Waals surface area contributed by atoms with Crippen molar-refractivity contribution in [2.24, 2.45) is 5.92 Å². The first kappa shape index (κ1) is 23.4. The van der Waals surface area contributed by atoms with Crippen LogP contribution in [0.3, 0.4) is 0 Å². The molecule has 182 valence electrons. The summed E-state index contributed by atoms with van der Waals surface area (Å²) in [5, 5.41) is 5.69. The van der Waals surface area contributed by atoms with E-state index in [2.05, 4.69) is 15.3 Å². The minimum absolute atomic E-state index is 0.0886. The second-order valence-corrected chi connectivity index (χ2v) is 11.3. The maximum atomic E-state index is 13.8. The van der Waals surface area contributed by atoms with Gasteiger partial charge in [-0.2, -0.15) is 0 Å². The number of nitrogens with one attached hydrogen (secondary N) is 1. The molecule has 6 rings (SSSR count). The summed E-state index contributed by atoms with van der Waals surface area (Å²) in [6, 6.07) is 16.8. The molecule has 9 heteroatoms. The smallest absolute Gasteiger partial charge is 0.274 e. The summed E-state index contributed by atoms with van der Waals surface area (Å²) in [5.74, 6) is 0.131. The predicted octanol–water partition coefficient (Wildman–Crippen LogP) is 6.01. The molecule has 2 amide bonds. The molecule has 6 nitrogen and oxygen atoms in total. The van der Waals surface area contributed by atoms with Crippen molar-refractivity contribution in [1.29, 1.82) is 0 Å². The number of pyridine rings is 1. The number of amides is 2. The van der Waals surface area contributed by atoms with Crippen molar-refractivity contribution in [3.05, 3.63) is 81.0 Å². The number of hydrogen-bond acceptors (Lipinski definition) is 5.